The van der Waals surface area contributed by atoms with Crippen molar-refractivity contribution in [3.8, 4) is 17.3 Å². The summed E-state index contributed by atoms with van der Waals surface area (Å²) < 4.78 is 9.61. The molecule has 0 N–H and O–H groups in total. The molecule has 5 heteroatoms. The highest BCUT2D eigenvalue weighted by molar-refractivity contribution is 6.10. The molecule has 0 fully saturated rings. The Balaban J connectivity index is 1.14. The van der Waals surface area contributed by atoms with Crippen LogP contribution in [0.2, 0.25) is 0 Å². The van der Waals surface area contributed by atoms with Crippen molar-refractivity contribution in [1.82, 2.24) is 9.55 Å². The molecule has 0 amide bonds. The van der Waals surface area contributed by atoms with Gasteiger partial charge in [-0.15, -0.1) is 0 Å². The quantitative estimate of drug-likeness (QED) is 0.122. The van der Waals surface area contributed by atoms with Crippen molar-refractivity contribution >= 4 is 38.9 Å². The standard InChI is InChI=1S/C74H84N4O/c1-48(2)61-29-24-30-62(49(3)4)69(61)67-46-76(57-38-54(70(5,6)7)37-55(39-57)71(8,9)10)47-77(67)58-40-56(72(11,12)13)41-60(44-58)79-59-32-33-63-64-42-52(73(14,15)50-25-20-18-21-26-50)31-34-65(64)78(66(63)45-59)68-43-53(35-36-75-68)74(16,17)51-27-22-19-23-28-51/h18-46,48-49H,47H2,1-17H3. The minimum absolute atomic E-state index is 0.0241. The Bertz CT molecular complexity index is 3680. The van der Waals surface area contributed by atoms with E-state index in [9.17, 15) is 0 Å². The van der Waals surface area contributed by atoms with Crippen LogP contribution >= 0.6 is 0 Å². The van der Waals surface area contributed by atoms with Crippen molar-refractivity contribution in [2.45, 2.75) is 157 Å². The average molecular weight is 1050 g/mol. The zero-order valence-electron chi connectivity index (χ0n) is 50.3. The number of pyridine rings is 1. The molecular weight excluding hydrogens is 961 g/mol. The third-order valence-corrected chi connectivity index (χ3v) is 16.9. The number of benzene rings is 7. The van der Waals surface area contributed by atoms with Gasteiger partial charge in [0.05, 0.1) is 23.4 Å². The highest BCUT2D eigenvalue weighted by Crippen LogP contribution is 2.46. The molecular formula is C74H84N4O. The first-order valence-electron chi connectivity index (χ1n) is 28.8. The highest BCUT2D eigenvalue weighted by Gasteiger charge is 2.33. The summed E-state index contributed by atoms with van der Waals surface area (Å²) >= 11 is 0. The Labute approximate surface area is 473 Å². The first-order valence-corrected chi connectivity index (χ1v) is 28.8. The summed E-state index contributed by atoms with van der Waals surface area (Å²) in [5.74, 6) is 3.07. The van der Waals surface area contributed by atoms with E-state index in [1.54, 1.807) is 0 Å². The SMILES string of the molecule is CC(C)c1cccc(C(C)C)c1C1=CN(c2cc(C(C)(C)C)cc(C(C)(C)C)c2)CN1c1cc(Oc2ccc3c4cc(C(C)(C)c5ccccc5)ccc4n(-c4cc(C(C)(C)c5ccccc5)ccn4)c3c2)cc(C(C)(C)C)c1. The first-order chi connectivity index (χ1) is 37.2. The van der Waals surface area contributed by atoms with E-state index in [0.717, 1.165) is 39.4 Å². The highest BCUT2D eigenvalue weighted by atomic mass is 16.5. The van der Waals surface area contributed by atoms with Gasteiger partial charge in [0.1, 0.15) is 17.3 Å². The fraction of sp³-hybridized carbons (Fsp3) is 0.338. The van der Waals surface area contributed by atoms with Crippen LogP contribution in [0, 0.1) is 0 Å². The molecule has 0 saturated heterocycles. The second kappa shape index (κ2) is 20.4. The molecule has 0 bridgehead atoms. The van der Waals surface area contributed by atoms with Crippen LogP contribution in [-0.4, -0.2) is 16.2 Å². The van der Waals surface area contributed by atoms with Gasteiger partial charge in [0.15, 0.2) is 0 Å². The largest absolute Gasteiger partial charge is 0.457 e. The van der Waals surface area contributed by atoms with Gasteiger partial charge in [-0.1, -0.05) is 209 Å². The van der Waals surface area contributed by atoms with Crippen molar-refractivity contribution < 1.29 is 4.74 Å². The van der Waals surface area contributed by atoms with E-state index in [1.807, 2.05) is 6.20 Å². The van der Waals surface area contributed by atoms with E-state index in [0.29, 0.717) is 18.5 Å². The maximum absolute atomic E-state index is 7.27. The molecule has 0 saturated carbocycles. The smallest absolute Gasteiger partial charge is 0.137 e. The Morgan fingerprint density at radius 3 is 1.53 bits per heavy atom. The van der Waals surface area contributed by atoms with E-state index in [4.69, 9.17) is 9.72 Å². The number of rotatable bonds is 12. The summed E-state index contributed by atoms with van der Waals surface area (Å²) in [4.78, 5) is 10.2. The fourth-order valence-electron chi connectivity index (χ4n) is 11.6. The lowest BCUT2D eigenvalue weighted by atomic mass is 9.78. The van der Waals surface area contributed by atoms with Gasteiger partial charge in [-0.05, 0) is 139 Å². The summed E-state index contributed by atoms with van der Waals surface area (Å²) in [6, 6.07) is 60.8. The zero-order chi connectivity index (χ0) is 56.6. The van der Waals surface area contributed by atoms with Crippen molar-refractivity contribution in [3.63, 3.8) is 0 Å². The van der Waals surface area contributed by atoms with Gasteiger partial charge < -0.3 is 14.5 Å². The molecule has 2 aromatic heterocycles. The average Bonchev–Trinajstić information content (AvgIpc) is 4.22. The van der Waals surface area contributed by atoms with Crippen LogP contribution in [0.5, 0.6) is 11.5 Å². The molecule has 406 valence electrons. The zero-order valence-corrected chi connectivity index (χ0v) is 50.3. The molecule has 1 aliphatic rings. The molecule has 3 heterocycles. The Morgan fingerprint density at radius 1 is 0.430 bits per heavy atom. The van der Waals surface area contributed by atoms with E-state index in [1.165, 1.54) is 72.4 Å². The monoisotopic (exact) mass is 1040 g/mol. The minimum Gasteiger partial charge on any atom is -0.457 e. The molecule has 79 heavy (non-hydrogen) atoms. The minimum atomic E-state index is -0.255. The lowest BCUT2D eigenvalue weighted by Crippen LogP contribution is -2.28. The van der Waals surface area contributed by atoms with E-state index >= 15 is 0 Å². The van der Waals surface area contributed by atoms with Gasteiger partial charge in [-0.3, -0.25) is 4.57 Å². The molecule has 1 aliphatic heterocycles. The maximum atomic E-state index is 7.27. The van der Waals surface area contributed by atoms with E-state index in [-0.39, 0.29) is 27.1 Å². The van der Waals surface area contributed by atoms with Gasteiger partial charge in [0.25, 0.3) is 0 Å². The van der Waals surface area contributed by atoms with E-state index < -0.39 is 0 Å². The van der Waals surface area contributed by atoms with Crippen molar-refractivity contribution in [1.29, 1.82) is 0 Å². The predicted octanol–water partition coefficient (Wildman–Crippen LogP) is 20.0. The molecule has 0 unspecified atom stereocenters. The van der Waals surface area contributed by atoms with Crippen LogP contribution < -0.4 is 14.5 Å². The summed E-state index contributed by atoms with van der Waals surface area (Å²) in [7, 11) is 0. The third kappa shape index (κ3) is 10.7. The molecule has 0 spiro atoms. The van der Waals surface area contributed by atoms with Crippen LogP contribution in [0.25, 0.3) is 33.3 Å². The Hall–Kier alpha value is -7.37. The van der Waals surface area contributed by atoms with Crippen LogP contribution in [-0.2, 0) is 27.1 Å². The van der Waals surface area contributed by atoms with Gasteiger partial charge in [0, 0.05) is 63.1 Å². The van der Waals surface area contributed by atoms with Crippen molar-refractivity contribution in [2.24, 2.45) is 0 Å². The molecule has 7 aromatic carbocycles. The van der Waals surface area contributed by atoms with Crippen molar-refractivity contribution in [3.05, 3.63) is 232 Å². The third-order valence-electron chi connectivity index (χ3n) is 16.9. The number of hydrogen-bond acceptors (Lipinski definition) is 4. The summed E-state index contributed by atoms with van der Waals surface area (Å²) in [5, 5.41) is 2.33. The Morgan fingerprint density at radius 2 is 0.975 bits per heavy atom. The number of nitrogens with zero attached hydrogens (tertiary/aromatic N) is 4. The lowest BCUT2D eigenvalue weighted by Gasteiger charge is -2.31. The summed E-state index contributed by atoms with van der Waals surface area (Å²) in [6.45, 7) is 40.1. The number of aromatic nitrogens is 2. The lowest BCUT2D eigenvalue weighted by molar-refractivity contribution is 0.479. The number of ether oxygens (including phenoxy) is 1. The van der Waals surface area contributed by atoms with Crippen LogP contribution in [0.4, 0.5) is 11.4 Å². The normalized spacial score (nSPS) is 13.8. The fourth-order valence-corrected chi connectivity index (χ4v) is 11.6. The molecule has 5 nitrogen and oxygen atoms in total. The molecule has 0 aliphatic carbocycles. The van der Waals surface area contributed by atoms with Gasteiger partial charge >= 0.3 is 0 Å². The number of anilines is 2. The maximum Gasteiger partial charge on any atom is 0.137 e. The molecule has 9 aromatic rings. The Kier molecular flexibility index (Phi) is 14.2. The molecule has 0 atom stereocenters. The van der Waals surface area contributed by atoms with Gasteiger partial charge in [-0.2, -0.15) is 0 Å². The van der Waals surface area contributed by atoms with Crippen LogP contribution in [0.1, 0.15) is 185 Å². The van der Waals surface area contributed by atoms with Crippen LogP contribution in [0.3, 0.4) is 0 Å². The topological polar surface area (TPSA) is 33.5 Å². The number of hydrogen-bond donors (Lipinski definition) is 0. The van der Waals surface area contributed by atoms with Gasteiger partial charge in [-0.25, -0.2) is 4.98 Å². The summed E-state index contributed by atoms with van der Waals surface area (Å²) in [5.41, 5.74) is 17.8. The van der Waals surface area contributed by atoms with Gasteiger partial charge in [0.2, 0.25) is 0 Å². The second-order valence-corrected chi connectivity index (χ2v) is 27.1. The number of fused-ring (bicyclic) bond motifs is 3. The second-order valence-electron chi connectivity index (χ2n) is 27.1. The molecule has 10 rings (SSSR count). The first kappa shape index (κ1) is 55.0. The van der Waals surface area contributed by atoms with Crippen LogP contribution in [0.15, 0.2) is 176 Å². The van der Waals surface area contributed by atoms with E-state index in [2.05, 4.69) is 302 Å². The summed E-state index contributed by atoms with van der Waals surface area (Å²) in [6.07, 6.45) is 4.39. The molecule has 0 radical (unpaired) electrons. The van der Waals surface area contributed by atoms with Crippen molar-refractivity contribution in [2.75, 3.05) is 16.5 Å². The predicted molar refractivity (Wildman–Crippen MR) is 337 cm³/mol.